The number of benzene rings is 5. The van der Waals surface area contributed by atoms with Gasteiger partial charge in [-0.1, -0.05) is 109 Å². The van der Waals surface area contributed by atoms with E-state index < -0.39 is 44.3 Å². The van der Waals surface area contributed by atoms with Crippen LogP contribution in [0.25, 0.3) is 11.2 Å². The maximum absolute atomic E-state index is 14.8. The van der Waals surface area contributed by atoms with Crippen LogP contribution in [0.2, 0.25) is 10.0 Å². The average Bonchev–Trinajstić information content (AvgIpc) is 4.05. The number of nitrogens with one attached hydrogen (secondary N) is 2. The van der Waals surface area contributed by atoms with E-state index >= 15 is 0 Å². The van der Waals surface area contributed by atoms with Gasteiger partial charge in [0.05, 0.1) is 39.6 Å². The number of carbonyl (C=O) groups is 1. The van der Waals surface area contributed by atoms with Gasteiger partial charge in [0, 0.05) is 52.8 Å². The van der Waals surface area contributed by atoms with E-state index in [9.17, 15) is 9.59 Å². The smallest absolute Gasteiger partial charge is 0.408 e. The lowest BCUT2D eigenvalue weighted by molar-refractivity contribution is -0.0210. The Morgan fingerprint density at radius 3 is 1.91 bits per heavy atom. The van der Waals surface area contributed by atoms with Gasteiger partial charge in [0.1, 0.15) is 29.4 Å². The van der Waals surface area contributed by atoms with Crippen LogP contribution in [-0.2, 0) is 34.5 Å². The van der Waals surface area contributed by atoms with Gasteiger partial charge in [0.25, 0.3) is 14.1 Å². The van der Waals surface area contributed by atoms with Gasteiger partial charge in [-0.05, 0) is 112 Å². The van der Waals surface area contributed by atoms with Crippen LogP contribution in [0.1, 0.15) is 94.3 Å². The molecule has 18 heteroatoms. The van der Waals surface area contributed by atoms with E-state index in [-0.39, 0.29) is 42.7 Å². The summed E-state index contributed by atoms with van der Waals surface area (Å²) in [6, 6.07) is 40.6. The molecule has 15 nitrogen and oxygen atoms in total. The Hall–Kier alpha value is -5.87. The van der Waals surface area contributed by atoms with Crippen molar-refractivity contribution in [3.8, 4) is 11.5 Å². The first-order valence-electron chi connectivity index (χ1n) is 25.2. The van der Waals surface area contributed by atoms with Gasteiger partial charge in [-0.3, -0.25) is 9.36 Å². The Labute approximate surface area is 449 Å². The Bertz CT molecular complexity index is 2880. The SMILES string of the molecule is CCCOP(O[C@@H]1C[C@H](n2cnc3c(=O)[nH]cnc32)O[C@@H]1CNC(=O)OC(CCCOC(c1ccccc1)(c1ccc(OC)cc1)c1ccc(OC)cc1)(c1ccc(Cl)cc1)c1ccc(Cl)cc1)N(C(C)C)C(C)C. The molecule has 0 aliphatic carbocycles. The molecule has 1 fully saturated rings. The van der Waals surface area contributed by atoms with E-state index in [1.807, 2.05) is 91.0 Å². The Morgan fingerprint density at radius 1 is 0.800 bits per heavy atom. The highest BCUT2D eigenvalue weighted by Gasteiger charge is 2.44. The minimum Gasteiger partial charge on any atom is -0.497 e. The molecule has 1 amide bonds. The lowest BCUT2D eigenvalue weighted by Crippen LogP contribution is -2.43. The molecule has 2 aromatic heterocycles. The highest BCUT2D eigenvalue weighted by Crippen LogP contribution is 2.50. The molecule has 0 saturated carbocycles. The van der Waals surface area contributed by atoms with Crippen LogP contribution < -0.4 is 20.3 Å². The van der Waals surface area contributed by atoms with E-state index in [1.54, 1.807) is 43.1 Å². The molecule has 1 saturated heterocycles. The third-order valence-corrected chi connectivity index (χ3v) is 15.9. The monoisotopic (exact) mass is 1080 g/mol. The first kappa shape index (κ1) is 55.4. The Balaban J connectivity index is 1.12. The number of hydrogen-bond acceptors (Lipinski definition) is 12. The first-order chi connectivity index (χ1) is 36.3. The van der Waals surface area contributed by atoms with E-state index in [1.165, 1.54) is 12.7 Å². The zero-order valence-corrected chi connectivity index (χ0v) is 45.7. The maximum atomic E-state index is 14.8. The van der Waals surface area contributed by atoms with Crippen molar-refractivity contribution in [3.05, 3.63) is 188 Å². The molecule has 1 aliphatic heterocycles. The minimum absolute atomic E-state index is 0.00923. The fourth-order valence-corrected chi connectivity index (χ4v) is 11.8. The van der Waals surface area contributed by atoms with Crippen LogP contribution in [0.15, 0.2) is 145 Å². The average molecular weight is 1080 g/mol. The molecule has 0 bridgehead atoms. The molecule has 396 valence electrons. The molecule has 2 N–H and O–H groups in total. The molecule has 4 atom stereocenters. The molecule has 5 aromatic carbocycles. The maximum Gasteiger partial charge on any atom is 0.408 e. The summed E-state index contributed by atoms with van der Waals surface area (Å²) in [5, 5.41) is 4.10. The summed E-state index contributed by atoms with van der Waals surface area (Å²) in [6.07, 6.45) is 2.06. The van der Waals surface area contributed by atoms with Crippen LogP contribution >= 0.6 is 31.7 Å². The van der Waals surface area contributed by atoms with Crippen LogP contribution in [0.5, 0.6) is 11.5 Å². The zero-order valence-electron chi connectivity index (χ0n) is 43.3. The molecule has 0 radical (unpaired) electrons. The molecule has 3 heterocycles. The normalized spacial score (nSPS) is 16.5. The zero-order chi connectivity index (χ0) is 53.1. The summed E-state index contributed by atoms with van der Waals surface area (Å²) in [5.74, 6) is 1.42. The highest BCUT2D eigenvalue weighted by molar-refractivity contribution is 7.44. The molecule has 75 heavy (non-hydrogen) atoms. The van der Waals surface area contributed by atoms with E-state index in [0.29, 0.717) is 57.8 Å². The fourth-order valence-electron chi connectivity index (χ4n) is 9.71. The number of rotatable bonds is 24. The number of imidazole rings is 1. The number of ether oxygens (including phenoxy) is 5. The Kier molecular flexibility index (Phi) is 18.7. The van der Waals surface area contributed by atoms with Crippen molar-refractivity contribution in [1.29, 1.82) is 0 Å². The summed E-state index contributed by atoms with van der Waals surface area (Å²) < 4.78 is 49.4. The molecular formula is C57H65Cl2N6O9P. The molecule has 7 aromatic rings. The summed E-state index contributed by atoms with van der Waals surface area (Å²) in [7, 11) is 1.70. The number of fused-ring (bicyclic) bond motifs is 1. The molecule has 1 unspecified atom stereocenters. The molecule has 1 aliphatic rings. The van der Waals surface area contributed by atoms with Gasteiger partial charge in [-0.15, -0.1) is 0 Å². The Morgan fingerprint density at radius 2 is 1.36 bits per heavy atom. The molecular weight excluding hydrogens is 1010 g/mol. The van der Waals surface area contributed by atoms with Crippen molar-refractivity contribution in [2.75, 3.05) is 34.0 Å². The van der Waals surface area contributed by atoms with Crippen LogP contribution in [0.3, 0.4) is 0 Å². The third kappa shape index (κ3) is 12.5. The highest BCUT2D eigenvalue weighted by atomic mass is 35.5. The lowest BCUT2D eigenvalue weighted by Gasteiger charge is -2.38. The van der Waals surface area contributed by atoms with Crippen molar-refractivity contribution >= 4 is 49.0 Å². The second kappa shape index (κ2) is 25.3. The third-order valence-electron chi connectivity index (χ3n) is 13.2. The quantitative estimate of drug-likeness (QED) is 0.0335. The van der Waals surface area contributed by atoms with Gasteiger partial charge in [-0.2, -0.15) is 0 Å². The topological polar surface area (TPSA) is 161 Å². The van der Waals surface area contributed by atoms with Crippen molar-refractivity contribution in [3.63, 3.8) is 0 Å². The number of carbonyl (C=O) groups excluding carboxylic acids is 1. The van der Waals surface area contributed by atoms with Gasteiger partial charge < -0.3 is 43.0 Å². The fraction of sp³-hybridized carbons (Fsp3) is 0.368. The van der Waals surface area contributed by atoms with Gasteiger partial charge in [-0.25, -0.2) is 19.4 Å². The van der Waals surface area contributed by atoms with E-state index in [4.69, 9.17) is 55.9 Å². The van der Waals surface area contributed by atoms with Crippen LogP contribution in [0, 0.1) is 0 Å². The largest absolute Gasteiger partial charge is 0.497 e. The first-order valence-corrected chi connectivity index (χ1v) is 27.1. The van der Waals surface area contributed by atoms with E-state index in [0.717, 1.165) is 23.1 Å². The lowest BCUT2D eigenvalue weighted by atomic mass is 9.79. The number of aromatic nitrogens is 4. The number of H-pyrrole nitrogens is 1. The number of aromatic amines is 1. The van der Waals surface area contributed by atoms with E-state index in [2.05, 4.69) is 71.7 Å². The number of halogens is 2. The van der Waals surface area contributed by atoms with Crippen molar-refractivity contribution in [1.82, 2.24) is 29.5 Å². The summed E-state index contributed by atoms with van der Waals surface area (Å²) >= 11 is 13.1. The molecule has 0 spiro atoms. The predicted octanol–water partition coefficient (Wildman–Crippen LogP) is 12.3. The summed E-state index contributed by atoms with van der Waals surface area (Å²) in [4.78, 5) is 38.9. The van der Waals surface area contributed by atoms with Crippen molar-refractivity contribution < 1.29 is 37.5 Å². The number of alkyl carbamates (subject to hydrolysis) is 1. The predicted molar refractivity (Wildman–Crippen MR) is 292 cm³/mol. The van der Waals surface area contributed by atoms with Crippen molar-refractivity contribution in [2.24, 2.45) is 0 Å². The second-order valence-corrected chi connectivity index (χ2v) is 21.0. The van der Waals surface area contributed by atoms with Crippen LogP contribution in [-0.4, -0.2) is 88.6 Å². The standard InChI is InChI=1S/C57H65Cl2N6O9P/c1-8-32-71-75(65(38(2)3)39(4)5)74-49-34-51(64-37-63-52-53(64)61-36-62-54(52)66)72-50(49)35-60-55(67)73-56(40-15-23-45(58)24-16-40,41-17-25-46(59)26-18-41)31-12-33-70-57(42-13-10-9-11-14-42,43-19-27-47(68-6)28-20-43)44-21-29-48(69-7)30-22-44/h9-11,13-30,36-39,49-51H,8,12,31-35H2,1-7H3,(H,60,67)(H,61,62,66)/t49-,50-,51-,75?/m1/s1. The second-order valence-electron chi connectivity index (χ2n) is 18.8. The minimum atomic E-state index is -1.57. The van der Waals surface area contributed by atoms with Gasteiger partial charge in [0.15, 0.2) is 16.8 Å². The number of nitrogens with zero attached hydrogens (tertiary/aromatic N) is 4. The number of methoxy groups -OCH3 is 2. The van der Waals surface area contributed by atoms with Gasteiger partial charge >= 0.3 is 6.09 Å². The molecule has 8 rings (SSSR count). The number of amides is 1. The summed E-state index contributed by atoms with van der Waals surface area (Å²) in [5.41, 5.74) is 1.73. The van der Waals surface area contributed by atoms with Crippen molar-refractivity contribution in [2.45, 2.75) is 102 Å². The van der Waals surface area contributed by atoms with Crippen LogP contribution in [0.4, 0.5) is 4.79 Å². The number of hydrogen-bond donors (Lipinski definition) is 2. The summed E-state index contributed by atoms with van der Waals surface area (Å²) in [6.45, 7) is 11.2. The van der Waals surface area contributed by atoms with Gasteiger partial charge in [0.2, 0.25) is 0 Å².